The van der Waals surface area contributed by atoms with Crippen molar-refractivity contribution in [3.05, 3.63) is 48.0 Å². The molecule has 0 fully saturated rings. The van der Waals surface area contributed by atoms with Crippen LogP contribution in [0.25, 0.3) is 0 Å². The molecule has 92 valence electrons. The number of amides is 1. The molecule has 0 saturated carbocycles. The number of nitrogens with zero attached hydrogens (tertiary/aromatic N) is 1. The fourth-order valence-electron chi connectivity index (χ4n) is 2.14. The molecule has 2 rings (SSSR count). The van der Waals surface area contributed by atoms with E-state index >= 15 is 0 Å². The number of nitrogens with one attached hydrogen (secondary N) is 1. The van der Waals surface area contributed by atoms with Crippen molar-refractivity contribution in [3.8, 4) is 6.07 Å². The maximum atomic E-state index is 12.1. The zero-order valence-electron chi connectivity index (χ0n) is 10.2. The molecule has 18 heavy (non-hydrogen) atoms. The van der Waals surface area contributed by atoms with Gasteiger partial charge in [0.1, 0.15) is 5.92 Å². The Hall–Kier alpha value is -2.08. The van der Waals surface area contributed by atoms with Crippen molar-refractivity contribution in [2.24, 2.45) is 0 Å². The van der Waals surface area contributed by atoms with Crippen molar-refractivity contribution in [1.82, 2.24) is 5.32 Å². The first kappa shape index (κ1) is 12.4. The maximum absolute atomic E-state index is 12.1. The second kappa shape index (κ2) is 6.02. The Labute approximate surface area is 107 Å². The second-order valence-electron chi connectivity index (χ2n) is 4.46. The molecule has 1 aliphatic carbocycles. The van der Waals surface area contributed by atoms with Gasteiger partial charge in [-0.15, -0.1) is 0 Å². The lowest BCUT2D eigenvalue weighted by atomic mass is 9.97. The Balaban J connectivity index is 2.03. The van der Waals surface area contributed by atoms with Gasteiger partial charge in [0, 0.05) is 6.04 Å². The molecule has 2 unspecified atom stereocenters. The van der Waals surface area contributed by atoms with E-state index in [1.165, 1.54) is 0 Å². The number of benzene rings is 1. The number of carbonyl (C=O) groups is 1. The predicted molar refractivity (Wildman–Crippen MR) is 69.7 cm³/mol. The van der Waals surface area contributed by atoms with Gasteiger partial charge in [-0.25, -0.2) is 0 Å². The summed E-state index contributed by atoms with van der Waals surface area (Å²) in [5.41, 5.74) is 0.754. The number of allylic oxidation sites excluding steroid dienone is 1. The molecule has 0 aliphatic heterocycles. The van der Waals surface area contributed by atoms with Gasteiger partial charge in [-0.2, -0.15) is 5.26 Å². The van der Waals surface area contributed by atoms with Crippen LogP contribution < -0.4 is 5.32 Å². The molecule has 1 aliphatic rings. The van der Waals surface area contributed by atoms with E-state index in [1.54, 1.807) is 0 Å². The third kappa shape index (κ3) is 2.98. The van der Waals surface area contributed by atoms with Gasteiger partial charge < -0.3 is 5.32 Å². The summed E-state index contributed by atoms with van der Waals surface area (Å²) in [6.07, 6.45) is 7.02. The van der Waals surface area contributed by atoms with Crippen molar-refractivity contribution in [2.75, 3.05) is 0 Å². The molecule has 1 N–H and O–H groups in total. The van der Waals surface area contributed by atoms with Gasteiger partial charge in [-0.3, -0.25) is 4.79 Å². The zero-order valence-corrected chi connectivity index (χ0v) is 10.2. The first-order valence-corrected chi connectivity index (χ1v) is 6.21. The van der Waals surface area contributed by atoms with Gasteiger partial charge in [0.15, 0.2) is 0 Å². The van der Waals surface area contributed by atoms with Crippen LogP contribution in [0.5, 0.6) is 0 Å². The molecule has 1 amide bonds. The van der Waals surface area contributed by atoms with Crippen molar-refractivity contribution in [2.45, 2.75) is 31.2 Å². The summed E-state index contributed by atoms with van der Waals surface area (Å²) in [6.45, 7) is 0. The molecule has 3 heteroatoms. The summed E-state index contributed by atoms with van der Waals surface area (Å²) < 4.78 is 0. The Morgan fingerprint density at radius 3 is 2.72 bits per heavy atom. The second-order valence-corrected chi connectivity index (χ2v) is 4.46. The fraction of sp³-hybridized carbons (Fsp3) is 0.333. The van der Waals surface area contributed by atoms with Crippen molar-refractivity contribution in [3.63, 3.8) is 0 Å². The summed E-state index contributed by atoms with van der Waals surface area (Å²) in [5.74, 6) is -0.902. The fourth-order valence-corrected chi connectivity index (χ4v) is 2.14. The zero-order chi connectivity index (χ0) is 12.8. The van der Waals surface area contributed by atoms with Gasteiger partial charge in [0.2, 0.25) is 5.91 Å². The van der Waals surface area contributed by atoms with E-state index in [9.17, 15) is 4.79 Å². The van der Waals surface area contributed by atoms with Crippen LogP contribution in [0.2, 0.25) is 0 Å². The lowest BCUT2D eigenvalue weighted by molar-refractivity contribution is -0.122. The minimum atomic E-state index is -0.711. The highest BCUT2D eigenvalue weighted by Gasteiger charge is 2.22. The SMILES string of the molecule is N#CC(C(=O)NC1CC=CCC1)c1ccccc1. The van der Waals surface area contributed by atoms with Crippen LogP contribution in [-0.2, 0) is 4.79 Å². The summed E-state index contributed by atoms with van der Waals surface area (Å²) in [6, 6.07) is 11.4. The smallest absolute Gasteiger partial charge is 0.242 e. The van der Waals surface area contributed by atoms with Crippen molar-refractivity contribution >= 4 is 5.91 Å². The minimum absolute atomic E-state index is 0.169. The summed E-state index contributed by atoms with van der Waals surface area (Å²) in [7, 11) is 0. The summed E-state index contributed by atoms with van der Waals surface area (Å²) in [5, 5.41) is 12.1. The predicted octanol–water partition coefficient (Wildman–Crippen LogP) is 2.52. The van der Waals surface area contributed by atoms with E-state index in [1.807, 2.05) is 30.3 Å². The van der Waals surface area contributed by atoms with Crippen LogP contribution in [0.4, 0.5) is 0 Å². The minimum Gasteiger partial charge on any atom is -0.352 e. The number of hydrogen-bond donors (Lipinski definition) is 1. The largest absolute Gasteiger partial charge is 0.352 e. The van der Waals surface area contributed by atoms with E-state index < -0.39 is 5.92 Å². The third-order valence-electron chi connectivity index (χ3n) is 3.14. The van der Waals surface area contributed by atoms with Gasteiger partial charge in [-0.1, -0.05) is 42.5 Å². The van der Waals surface area contributed by atoms with E-state index in [4.69, 9.17) is 5.26 Å². The first-order chi connectivity index (χ1) is 8.81. The third-order valence-corrected chi connectivity index (χ3v) is 3.14. The molecular weight excluding hydrogens is 224 g/mol. The molecule has 2 atom stereocenters. The molecule has 3 nitrogen and oxygen atoms in total. The highest BCUT2D eigenvalue weighted by atomic mass is 16.1. The molecule has 0 bridgehead atoms. The normalized spacial score (nSPS) is 19.8. The van der Waals surface area contributed by atoms with Gasteiger partial charge in [0.25, 0.3) is 0 Å². The lowest BCUT2D eigenvalue weighted by Crippen LogP contribution is -2.38. The van der Waals surface area contributed by atoms with Gasteiger partial charge in [-0.05, 0) is 24.8 Å². The van der Waals surface area contributed by atoms with Crippen LogP contribution >= 0.6 is 0 Å². The van der Waals surface area contributed by atoms with E-state index in [0.29, 0.717) is 0 Å². The molecule has 0 radical (unpaired) electrons. The summed E-state index contributed by atoms with van der Waals surface area (Å²) >= 11 is 0. The molecular formula is C15H16N2O. The first-order valence-electron chi connectivity index (χ1n) is 6.21. The average Bonchev–Trinajstić information content (AvgIpc) is 2.42. The van der Waals surface area contributed by atoms with Crippen molar-refractivity contribution in [1.29, 1.82) is 5.26 Å². The highest BCUT2D eigenvalue weighted by molar-refractivity contribution is 5.86. The topological polar surface area (TPSA) is 52.9 Å². The molecule has 1 aromatic rings. The van der Waals surface area contributed by atoms with E-state index in [2.05, 4.69) is 23.5 Å². The number of rotatable bonds is 3. The molecule has 1 aromatic carbocycles. The maximum Gasteiger partial charge on any atom is 0.242 e. The van der Waals surface area contributed by atoms with E-state index in [-0.39, 0.29) is 11.9 Å². The molecule has 0 heterocycles. The van der Waals surface area contributed by atoms with Gasteiger partial charge >= 0.3 is 0 Å². The molecule has 0 spiro atoms. The summed E-state index contributed by atoms with van der Waals surface area (Å²) in [4.78, 5) is 12.1. The molecule has 0 aromatic heterocycles. The Bertz CT molecular complexity index is 473. The quantitative estimate of drug-likeness (QED) is 0.825. The average molecular weight is 240 g/mol. The Morgan fingerprint density at radius 1 is 1.33 bits per heavy atom. The van der Waals surface area contributed by atoms with Crippen LogP contribution in [0.1, 0.15) is 30.7 Å². The lowest BCUT2D eigenvalue weighted by Gasteiger charge is -2.21. The van der Waals surface area contributed by atoms with Crippen LogP contribution in [0.15, 0.2) is 42.5 Å². The van der Waals surface area contributed by atoms with Gasteiger partial charge in [0.05, 0.1) is 6.07 Å². The Kier molecular flexibility index (Phi) is 4.14. The standard InChI is InChI=1S/C15H16N2O/c16-11-14(12-7-3-1-4-8-12)15(18)17-13-9-5-2-6-10-13/h1-5,7-8,13-14H,6,9-10H2,(H,17,18). The number of nitriles is 1. The van der Waals surface area contributed by atoms with Crippen LogP contribution in [-0.4, -0.2) is 11.9 Å². The van der Waals surface area contributed by atoms with Crippen LogP contribution in [0, 0.1) is 11.3 Å². The number of carbonyl (C=O) groups excluding carboxylic acids is 1. The molecule has 0 saturated heterocycles. The number of hydrogen-bond acceptors (Lipinski definition) is 2. The van der Waals surface area contributed by atoms with E-state index in [0.717, 1.165) is 24.8 Å². The highest BCUT2D eigenvalue weighted by Crippen LogP contribution is 2.17. The monoisotopic (exact) mass is 240 g/mol. The van der Waals surface area contributed by atoms with Crippen molar-refractivity contribution < 1.29 is 4.79 Å². The van der Waals surface area contributed by atoms with Crippen LogP contribution in [0.3, 0.4) is 0 Å². The Morgan fingerprint density at radius 2 is 2.11 bits per heavy atom.